The maximum absolute atomic E-state index is 11.3. The summed E-state index contributed by atoms with van der Waals surface area (Å²) in [4.78, 5) is 22.6. The number of hydrogen-bond acceptors (Lipinski definition) is 3. The van der Waals surface area contributed by atoms with Crippen molar-refractivity contribution in [1.29, 1.82) is 0 Å². The molecule has 2 amide bonds. The van der Waals surface area contributed by atoms with Crippen LogP contribution in [0.25, 0.3) is 0 Å². The van der Waals surface area contributed by atoms with E-state index in [1.807, 2.05) is 0 Å². The maximum atomic E-state index is 11.3. The molecule has 0 aliphatic heterocycles. The minimum atomic E-state index is -0.545. The van der Waals surface area contributed by atoms with Crippen molar-refractivity contribution in [2.75, 3.05) is 6.54 Å². The predicted octanol–water partition coefficient (Wildman–Crippen LogP) is -0.0827. The molecule has 0 aromatic heterocycles. The van der Waals surface area contributed by atoms with Gasteiger partial charge in [-0.05, 0) is 19.8 Å². The molecule has 94 valence electrons. The van der Waals surface area contributed by atoms with Gasteiger partial charge < -0.3 is 16.8 Å². The Labute approximate surface area is 102 Å². The van der Waals surface area contributed by atoms with Crippen LogP contribution < -0.4 is 16.8 Å². The smallest absolute Gasteiger partial charge is 0.236 e. The molecule has 1 fully saturated rings. The number of carbonyl (C=O) groups excluding carboxylic acids is 2. The lowest BCUT2D eigenvalue weighted by Crippen LogP contribution is -2.48. The molecule has 0 bridgehead atoms. The SMILES string of the molecule is C[C@H](N)C(=O)NCC1(C(N)=O)CCCC1.Cl. The van der Waals surface area contributed by atoms with Gasteiger partial charge in [-0.1, -0.05) is 12.8 Å². The highest BCUT2D eigenvalue weighted by atomic mass is 35.5. The van der Waals surface area contributed by atoms with Crippen LogP contribution in [0.3, 0.4) is 0 Å². The van der Waals surface area contributed by atoms with Crippen LogP contribution in [0.4, 0.5) is 0 Å². The predicted molar refractivity (Wildman–Crippen MR) is 64.0 cm³/mol. The average molecular weight is 250 g/mol. The van der Waals surface area contributed by atoms with E-state index in [-0.39, 0.29) is 24.2 Å². The molecule has 0 aromatic carbocycles. The fourth-order valence-electron chi connectivity index (χ4n) is 1.98. The van der Waals surface area contributed by atoms with Crippen molar-refractivity contribution in [3.8, 4) is 0 Å². The molecule has 1 aliphatic carbocycles. The van der Waals surface area contributed by atoms with E-state index >= 15 is 0 Å². The van der Waals surface area contributed by atoms with E-state index in [0.29, 0.717) is 6.54 Å². The molecule has 1 aliphatic rings. The number of halogens is 1. The summed E-state index contributed by atoms with van der Waals surface area (Å²) < 4.78 is 0. The number of rotatable bonds is 4. The van der Waals surface area contributed by atoms with E-state index in [9.17, 15) is 9.59 Å². The van der Waals surface area contributed by atoms with Crippen LogP contribution in [0.5, 0.6) is 0 Å². The van der Waals surface area contributed by atoms with Crippen LogP contribution >= 0.6 is 12.4 Å². The summed E-state index contributed by atoms with van der Waals surface area (Å²) in [5, 5.41) is 2.68. The van der Waals surface area contributed by atoms with Crippen LogP contribution in [-0.4, -0.2) is 24.4 Å². The van der Waals surface area contributed by atoms with Crippen LogP contribution in [0.2, 0.25) is 0 Å². The quantitative estimate of drug-likeness (QED) is 0.650. The van der Waals surface area contributed by atoms with Gasteiger partial charge in [-0.3, -0.25) is 9.59 Å². The summed E-state index contributed by atoms with van der Waals surface area (Å²) >= 11 is 0. The molecule has 5 nitrogen and oxygen atoms in total. The summed E-state index contributed by atoms with van der Waals surface area (Å²) in [5.41, 5.74) is 10.2. The Kier molecular flexibility index (Phi) is 5.75. The third-order valence-corrected chi connectivity index (χ3v) is 3.10. The first-order chi connectivity index (χ1) is 6.98. The monoisotopic (exact) mass is 249 g/mol. The van der Waals surface area contributed by atoms with Gasteiger partial charge in [-0.2, -0.15) is 0 Å². The zero-order valence-electron chi connectivity index (χ0n) is 9.49. The molecular weight excluding hydrogens is 230 g/mol. The Balaban J connectivity index is 0.00000225. The standard InChI is InChI=1S/C10H19N3O2.ClH/c1-7(11)8(14)13-6-10(9(12)15)4-2-3-5-10;/h7H,2-6,11H2,1H3,(H2,12,15)(H,13,14);1H/t7-;/m0./s1. The number of hydrogen-bond donors (Lipinski definition) is 3. The van der Waals surface area contributed by atoms with Crippen LogP contribution in [0.15, 0.2) is 0 Å². The molecule has 0 aromatic rings. The number of carbonyl (C=O) groups is 2. The third kappa shape index (κ3) is 3.35. The van der Waals surface area contributed by atoms with E-state index in [0.717, 1.165) is 25.7 Å². The first kappa shape index (κ1) is 15.2. The van der Waals surface area contributed by atoms with E-state index < -0.39 is 11.5 Å². The molecule has 1 saturated carbocycles. The largest absolute Gasteiger partial charge is 0.369 e. The normalized spacial score (nSPS) is 19.6. The molecule has 6 heteroatoms. The van der Waals surface area contributed by atoms with Gasteiger partial charge in [0.15, 0.2) is 0 Å². The van der Waals surface area contributed by atoms with Crippen molar-refractivity contribution in [1.82, 2.24) is 5.32 Å². The zero-order chi connectivity index (χ0) is 11.5. The lowest BCUT2D eigenvalue weighted by molar-refractivity contribution is -0.128. The summed E-state index contributed by atoms with van der Waals surface area (Å²) in [6.07, 6.45) is 3.52. The first-order valence-electron chi connectivity index (χ1n) is 5.31. The molecular formula is C10H20ClN3O2. The minimum Gasteiger partial charge on any atom is -0.369 e. The fraction of sp³-hybridized carbons (Fsp3) is 0.800. The van der Waals surface area contributed by atoms with Crippen LogP contribution in [0, 0.1) is 5.41 Å². The molecule has 0 heterocycles. The number of primary amides is 1. The number of nitrogens with one attached hydrogen (secondary N) is 1. The fourth-order valence-corrected chi connectivity index (χ4v) is 1.98. The summed E-state index contributed by atoms with van der Waals surface area (Å²) in [6, 6.07) is -0.545. The van der Waals surface area contributed by atoms with Gasteiger partial charge in [0, 0.05) is 6.54 Å². The second-order valence-corrected chi connectivity index (χ2v) is 4.36. The molecule has 16 heavy (non-hydrogen) atoms. The highest BCUT2D eigenvalue weighted by Gasteiger charge is 2.39. The second kappa shape index (κ2) is 6.06. The van der Waals surface area contributed by atoms with Gasteiger partial charge >= 0.3 is 0 Å². The minimum absolute atomic E-state index is 0. The molecule has 0 unspecified atom stereocenters. The topological polar surface area (TPSA) is 98.2 Å². The molecule has 0 spiro atoms. The van der Waals surface area contributed by atoms with Crippen molar-refractivity contribution in [2.24, 2.45) is 16.9 Å². The molecule has 1 atom stereocenters. The maximum Gasteiger partial charge on any atom is 0.236 e. The van der Waals surface area contributed by atoms with Crippen LogP contribution in [0.1, 0.15) is 32.6 Å². The highest BCUT2D eigenvalue weighted by molar-refractivity contribution is 5.85. The Morgan fingerprint density at radius 1 is 1.38 bits per heavy atom. The zero-order valence-corrected chi connectivity index (χ0v) is 10.3. The summed E-state index contributed by atoms with van der Waals surface area (Å²) in [7, 11) is 0. The van der Waals surface area contributed by atoms with Crippen molar-refractivity contribution in [3.05, 3.63) is 0 Å². The van der Waals surface area contributed by atoms with Crippen LogP contribution in [-0.2, 0) is 9.59 Å². The van der Waals surface area contributed by atoms with E-state index in [1.165, 1.54) is 0 Å². The van der Waals surface area contributed by atoms with Crippen molar-refractivity contribution in [3.63, 3.8) is 0 Å². The van der Waals surface area contributed by atoms with Crippen molar-refractivity contribution in [2.45, 2.75) is 38.6 Å². The summed E-state index contributed by atoms with van der Waals surface area (Å²) in [5.74, 6) is -0.549. The molecule has 1 rings (SSSR count). The first-order valence-corrected chi connectivity index (χ1v) is 5.31. The average Bonchev–Trinajstić information content (AvgIpc) is 2.63. The Hall–Kier alpha value is -0.810. The van der Waals surface area contributed by atoms with E-state index in [2.05, 4.69) is 5.32 Å². The van der Waals surface area contributed by atoms with Gasteiger partial charge in [0.2, 0.25) is 11.8 Å². The van der Waals surface area contributed by atoms with Crippen molar-refractivity contribution < 1.29 is 9.59 Å². The lowest BCUT2D eigenvalue weighted by atomic mass is 9.85. The van der Waals surface area contributed by atoms with Gasteiger partial charge in [-0.15, -0.1) is 12.4 Å². The highest BCUT2D eigenvalue weighted by Crippen LogP contribution is 2.37. The van der Waals surface area contributed by atoms with E-state index in [4.69, 9.17) is 11.5 Å². The van der Waals surface area contributed by atoms with Gasteiger partial charge in [0.05, 0.1) is 11.5 Å². The number of nitrogens with two attached hydrogens (primary N) is 2. The van der Waals surface area contributed by atoms with Crippen molar-refractivity contribution >= 4 is 24.2 Å². The Morgan fingerprint density at radius 2 is 1.88 bits per heavy atom. The third-order valence-electron chi connectivity index (χ3n) is 3.10. The Morgan fingerprint density at radius 3 is 2.25 bits per heavy atom. The molecule has 0 saturated heterocycles. The lowest BCUT2D eigenvalue weighted by Gasteiger charge is -2.25. The molecule has 0 radical (unpaired) electrons. The number of amides is 2. The van der Waals surface area contributed by atoms with E-state index in [1.54, 1.807) is 6.92 Å². The Bertz CT molecular complexity index is 263. The van der Waals surface area contributed by atoms with Gasteiger partial charge in [0.25, 0.3) is 0 Å². The van der Waals surface area contributed by atoms with Gasteiger partial charge in [0.1, 0.15) is 0 Å². The molecule has 5 N–H and O–H groups in total. The van der Waals surface area contributed by atoms with Gasteiger partial charge in [-0.25, -0.2) is 0 Å². The summed E-state index contributed by atoms with van der Waals surface area (Å²) in [6.45, 7) is 1.93. The second-order valence-electron chi connectivity index (χ2n) is 4.36.